The first-order chi connectivity index (χ1) is 7.90. The number of carboxylic acid groups (broad SMARTS) is 1. The number of rotatable bonds is 6. The highest BCUT2D eigenvalue weighted by Gasteiger charge is 2.11. The fraction of sp³-hybridized carbons (Fsp3) is 0.778. The third kappa shape index (κ3) is 11.8. The number of thiol groups is 2. The van der Waals surface area contributed by atoms with Crippen molar-refractivity contribution in [2.24, 2.45) is 11.5 Å². The lowest BCUT2D eigenvalue weighted by molar-refractivity contribution is -0.142. The summed E-state index contributed by atoms with van der Waals surface area (Å²) < 4.78 is 4.37. The van der Waals surface area contributed by atoms with Crippen molar-refractivity contribution in [3.8, 4) is 0 Å². The first-order valence-corrected chi connectivity index (χ1v) is 6.20. The van der Waals surface area contributed by atoms with Crippen LogP contribution in [0.15, 0.2) is 0 Å². The van der Waals surface area contributed by atoms with Crippen LogP contribution >= 0.6 is 25.3 Å². The highest BCUT2D eigenvalue weighted by atomic mass is 32.1. The van der Waals surface area contributed by atoms with Gasteiger partial charge in [0.05, 0.1) is 7.11 Å². The summed E-state index contributed by atoms with van der Waals surface area (Å²) in [4.78, 5) is 20.5. The van der Waals surface area contributed by atoms with Gasteiger partial charge >= 0.3 is 11.9 Å². The molecular formula is C9H20N2O4S2. The maximum absolute atomic E-state index is 10.5. The van der Waals surface area contributed by atoms with Gasteiger partial charge in [-0.1, -0.05) is 0 Å². The van der Waals surface area contributed by atoms with Gasteiger partial charge in [0.2, 0.25) is 0 Å². The standard InChI is InChI=1S/C5H11NO2S.C4H9NO2S/c1-8-5(7)4(6)2-3-9;5-3(1-2-8)4(6)7/h4,9H,2-3,6H2,1H3;3,8H,1-2,5H2,(H,6,7). The molecule has 0 heterocycles. The van der Waals surface area contributed by atoms with E-state index >= 15 is 0 Å². The Bertz CT molecular complexity index is 229. The minimum absolute atomic E-state index is 0.371. The van der Waals surface area contributed by atoms with Crippen LogP contribution in [0.3, 0.4) is 0 Å². The maximum atomic E-state index is 10.5. The van der Waals surface area contributed by atoms with Crippen molar-refractivity contribution >= 4 is 37.2 Å². The van der Waals surface area contributed by atoms with Gasteiger partial charge in [0.25, 0.3) is 0 Å². The third-order valence-corrected chi connectivity index (χ3v) is 2.22. The molecular weight excluding hydrogens is 264 g/mol. The van der Waals surface area contributed by atoms with Crippen molar-refractivity contribution in [1.29, 1.82) is 0 Å². The van der Waals surface area contributed by atoms with Crippen LogP contribution in [-0.2, 0) is 14.3 Å². The molecule has 2 atom stereocenters. The van der Waals surface area contributed by atoms with E-state index in [1.54, 1.807) is 0 Å². The average molecular weight is 284 g/mol. The number of ether oxygens (including phenoxy) is 1. The molecule has 5 N–H and O–H groups in total. The van der Waals surface area contributed by atoms with Gasteiger partial charge in [-0.25, -0.2) is 0 Å². The van der Waals surface area contributed by atoms with E-state index in [1.807, 2.05) is 0 Å². The first kappa shape index (κ1) is 18.9. The van der Waals surface area contributed by atoms with Crippen LogP contribution in [0.4, 0.5) is 0 Å². The first-order valence-electron chi connectivity index (χ1n) is 4.94. The topological polar surface area (TPSA) is 116 Å². The van der Waals surface area contributed by atoms with Crippen molar-refractivity contribution in [3.63, 3.8) is 0 Å². The Morgan fingerprint density at radius 2 is 1.59 bits per heavy atom. The second-order valence-electron chi connectivity index (χ2n) is 3.10. The van der Waals surface area contributed by atoms with Crippen molar-refractivity contribution in [2.45, 2.75) is 24.9 Å². The third-order valence-electron chi connectivity index (χ3n) is 1.70. The van der Waals surface area contributed by atoms with Crippen LogP contribution in [0.2, 0.25) is 0 Å². The largest absolute Gasteiger partial charge is 0.480 e. The van der Waals surface area contributed by atoms with E-state index in [9.17, 15) is 9.59 Å². The summed E-state index contributed by atoms with van der Waals surface area (Å²) in [6.07, 6.45) is 0.994. The van der Waals surface area contributed by atoms with Crippen molar-refractivity contribution in [1.82, 2.24) is 0 Å². The summed E-state index contributed by atoms with van der Waals surface area (Å²) in [5, 5.41) is 8.15. The molecule has 0 saturated heterocycles. The van der Waals surface area contributed by atoms with Gasteiger partial charge in [-0.2, -0.15) is 25.3 Å². The van der Waals surface area contributed by atoms with E-state index in [4.69, 9.17) is 16.6 Å². The number of esters is 1. The number of methoxy groups -OCH3 is 1. The molecule has 0 spiro atoms. The van der Waals surface area contributed by atoms with E-state index in [0.717, 1.165) is 0 Å². The highest BCUT2D eigenvalue weighted by Crippen LogP contribution is 1.92. The zero-order chi connectivity index (χ0) is 13.8. The molecule has 0 aromatic rings. The van der Waals surface area contributed by atoms with Crippen molar-refractivity contribution in [2.75, 3.05) is 18.6 Å². The molecule has 0 aromatic heterocycles. The minimum Gasteiger partial charge on any atom is -0.480 e. The van der Waals surface area contributed by atoms with E-state index in [1.165, 1.54) is 7.11 Å². The van der Waals surface area contributed by atoms with E-state index < -0.39 is 18.1 Å². The molecule has 0 aliphatic carbocycles. The molecule has 0 rings (SSSR count). The summed E-state index contributed by atoms with van der Waals surface area (Å²) in [7, 11) is 1.32. The Hall–Kier alpha value is -0.440. The Balaban J connectivity index is 0. The smallest absolute Gasteiger partial charge is 0.322 e. The number of carbonyl (C=O) groups excluding carboxylic acids is 1. The molecule has 17 heavy (non-hydrogen) atoms. The molecule has 0 aliphatic heterocycles. The predicted molar refractivity (Wildman–Crippen MR) is 72.5 cm³/mol. The predicted octanol–water partition coefficient (Wildman–Crippen LogP) is -0.475. The van der Waals surface area contributed by atoms with Crippen LogP contribution in [0, 0.1) is 0 Å². The number of carbonyl (C=O) groups is 2. The number of hydrogen-bond acceptors (Lipinski definition) is 7. The van der Waals surface area contributed by atoms with E-state index in [2.05, 4.69) is 30.0 Å². The van der Waals surface area contributed by atoms with Crippen molar-refractivity contribution in [3.05, 3.63) is 0 Å². The molecule has 0 aliphatic rings. The zero-order valence-electron chi connectivity index (χ0n) is 9.70. The summed E-state index contributed by atoms with van der Waals surface area (Å²) in [5.74, 6) is -0.202. The molecule has 8 heteroatoms. The van der Waals surface area contributed by atoms with Crippen molar-refractivity contribution < 1.29 is 19.4 Å². The molecule has 6 nitrogen and oxygen atoms in total. The molecule has 0 amide bonds. The molecule has 0 fully saturated rings. The average Bonchev–Trinajstić information content (AvgIpc) is 2.29. The van der Waals surface area contributed by atoms with Crippen LogP contribution in [0.25, 0.3) is 0 Å². The van der Waals surface area contributed by atoms with Gasteiger partial charge in [-0.15, -0.1) is 0 Å². The second kappa shape index (κ2) is 12.0. The maximum Gasteiger partial charge on any atom is 0.322 e. The Morgan fingerprint density at radius 3 is 1.82 bits per heavy atom. The lowest BCUT2D eigenvalue weighted by atomic mass is 10.2. The van der Waals surface area contributed by atoms with Gasteiger partial charge in [0, 0.05) is 0 Å². The Morgan fingerprint density at radius 1 is 1.18 bits per heavy atom. The van der Waals surface area contributed by atoms with Crippen LogP contribution < -0.4 is 11.5 Å². The number of hydrogen-bond donors (Lipinski definition) is 5. The van der Waals surface area contributed by atoms with Gasteiger partial charge in [-0.3, -0.25) is 9.59 Å². The van der Waals surface area contributed by atoms with Crippen LogP contribution in [-0.4, -0.2) is 47.7 Å². The molecule has 102 valence electrons. The fourth-order valence-electron chi connectivity index (χ4n) is 0.671. The highest BCUT2D eigenvalue weighted by molar-refractivity contribution is 7.80. The Labute approximate surface area is 112 Å². The van der Waals surface area contributed by atoms with E-state index in [0.29, 0.717) is 24.3 Å². The lowest BCUT2D eigenvalue weighted by Gasteiger charge is -2.05. The summed E-state index contributed by atoms with van der Waals surface area (Å²) in [6, 6.07) is -1.25. The van der Waals surface area contributed by atoms with Crippen LogP contribution in [0.1, 0.15) is 12.8 Å². The Kier molecular flexibility index (Phi) is 13.4. The van der Waals surface area contributed by atoms with Crippen LogP contribution in [0.5, 0.6) is 0 Å². The monoisotopic (exact) mass is 284 g/mol. The molecule has 0 aromatic carbocycles. The van der Waals surface area contributed by atoms with Gasteiger partial charge in [0.1, 0.15) is 12.1 Å². The van der Waals surface area contributed by atoms with E-state index in [-0.39, 0.29) is 5.97 Å². The minimum atomic E-state index is -0.959. The molecule has 0 radical (unpaired) electrons. The summed E-state index contributed by atoms with van der Waals surface area (Å²) in [6.45, 7) is 0. The number of carboxylic acids is 1. The van der Waals surface area contributed by atoms with Gasteiger partial charge < -0.3 is 21.3 Å². The summed E-state index contributed by atoms with van der Waals surface area (Å²) >= 11 is 7.72. The van der Waals surface area contributed by atoms with Gasteiger partial charge in [-0.05, 0) is 24.3 Å². The lowest BCUT2D eigenvalue weighted by Crippen LogP contribution is -2.31. The zero-order valence-corrected chi connectivity index (χ0v) is 11.5. The number of aliphatic carboxylic acids is 1. The fourth-order valence-corrected chi connectivity index (χ4v) is 1.23. The molecule has 0 saturated carbocycles. The van der Waals surface area contributed by atoms with Gasteiger partial charge in [0.15, 0.2) is 0 Å². The molecule has 0 bridgehead atoms. The summed E-state index contributed by atoms with van der Waals surface area (Å²) in [5.41, 5.74) is 10.4. The quantitative estimate of drug-likeness (QED) is 0.332. The molecule has 2 unspecified atom stereocenters. The SMILES string of the molecule is COC(=O)C(N)CCS.NC(CCS)C(=O)O. The normalized spacial score (nSPS) is 13.0. The second-order valence-corrected chi connectivity index (χ2v) is 3.99. The number of nitrogens with two attached hydrogens (primary N) is 2.